The molecule has 6 heteroatoms. The van der Waals surface area contributed by atoms with Gasteiger partial charge >= 0.3 is 6.03 Å². The number of rotatable bonds is 5. The quantitative estimate of drug-likeness (QED) is 0.859. The number of aromatic nitrogens is 3. The topological polar surface area (TPSA) is 63.1 Å². The van der Waals surface area contributed by atoms with Gasteiger partial charge in [0.1, 0.15) is 0 Å². The summed E-state index contributed by atoms with van der Waals surface area (Å²) in [5, 5.41) is 7.25. The van der Waals surface area contributed by atoms with Crippen LogP contribution in [0, 0.1) is 0 Å². The smallest absolute Gasteiger partial charge is 0.317 e. The number of nitrogens with one attached hydrogen (secondary N) is 1. The zero-order valence-corrected chi connectivity index (χ0v) is 14.0. The van der Waals surface area contributed by atoms with Gasteiger partial charge in [-0.15, -0.1) is 0 Å². The SMILES string of the molecule is O=C(NCCCn1cccn1)N1CCCCCC1c1ccncc1. The Hall–Kier alpha value is -2.37. The number of amides is 2. The maximum Gasteiger partial charge on any atom is 0.317 e. The summed E-state index contributed by atoms with van der Waals surface area (Å²) in [6, 6.07) is 6.15. The van der Waals surface area contributed by atoms with Gasteiger partial charge in [-0.3, -0.25) is 9.67 Å². The number of urea groups is 1. The first-order valence-corrected chi connectivity index (χ1v) is 8.76. The minimum absolute atomic E-state index is 0.0409. The molecule has 2 aromatic rings. The van der Waals surface area contributed by atoms with E-state index in [9.17, 15) is 4.79 Å². The summed E-state index contributed by atoms with van der Waals surface area (Å²) < 4.78 is 1.89. The van der Waals surface area contributed by atoms with Crippen molar-refractivity contribution >= 4 is 6.03 Å². The minimum Gasteiger partial charge on any atom is -0.338 e. The molecule has 1 unspecified atom stereocenters. The lowest BCUT2D eigenvalue weighted by Crippen LogP contribution is -2.42. The van der Waals surface area contributed by atoms with Crippen molar-refractivity contribution in [2.24, 2.45) is 0 Å². The largest absolute Gasteiger partial charge is 0.338 e. The molecule has 6 nitrogen and oxygen atoms in total. The molecular formula is C18H25N5O. The fourth-order valence-corrected chi connectivity index (χ4v) is 3.25. The molecule has 0 aromatic carbocycles. The fraction of sp³-hybridized carbons (Fsp3) is 0.500. The lowest BCUT2D eigenvalue weighted by Gasteiger charge is -2.30. The number of nitrogens with zero attached hydrogens (tertiary/aromatic N) is 4. The van der Waals surface area contributed by atoms with E-state index in [4.69, 9.17) is 0 Å². The third-order valence-corrected chi connectivity index (χ3v) is 4.50. The van der Waals surface area contributed by atoms with Crippen LogP contribution < -0.4 is 5.32 Å². The lowest BCUT2D eigenvalue weighted by molar-refractivity contribution is 0.175. The van der Waals surface area contributed by atoms with E-state index in [1.54, 1.807) is 18.6 Å². The number of aryl methyl sites for hydroxylation is 1. The van der Waals surface area contributed by atoms with Crippen molar-refractivity contribution in [1.29, 1.82) is 0 Å². The first kappa shape index (κ1) is 16.5. The van der Waals surface area contributed by atoms with Crippen molar-refractivity contribution in [3.05, 3.63) is 48.5 Å². The van der Waals surface area contributed by atoms with Gasteiger partial charge in [0.25, 0.3) is 0 Å². The van der Waals surface area contributed by atoms with Crippen molar-refractivity contribution in [3.8, 4) is 0 Å². The molecule has 0 saturated carbocycles. The second-order valence-electron chi connectivity index (χ2n) is 6.19. The van der Waals surface area contributed by atoms with Gasteiger partial charge in [0.05, 0.1) is 6.04 Å². The molecule has 3 heterocycles. The molecule has 1 fully saturated rings. The van der Waals surface area contributed by atoms with Crippen molar-refractivity contribution < 1.29 is 4.79 Å². The van der Waals surface area contributed by atoms with Gasteiger partial charge in [-0.05, 0) is 43.0 Å². The van der Waals surface area contributed by atoms with E-state index >= 15 is 0 Å². The van der Waals surface area contributed by atoms with Gasteiger partial charge in [0.2, 0.25) is 0 Å². The number of hydrogen-bond donors (Lipinski definition) is 1. The van der Waals surface area contributed by atoms with Crippen LogP contribution in [0.4, 0.5) is 4.79 Å². The molecule has 128 valence electrons. The Balaban J connectivity index is 1.56. The summed E-state index contributed by atoms with van der Waals surface area (Å²) in [5.74, 6) is 0. The van der Waals surface area contributed by atoms with Gasteiger partial charge in [0.15, 0.2) is 0 Å². The third-order valence-electron chi connectivity index (χ3n) is 4.50. The molecule has 3 rings (SSSR count). The van der Waals surface area contributed by atoms with Crippen LogP contribution in [-0.4, -0.2) is 38.8 Å². The van der Waals surface area contributed by atoms with Gasteiger partial charge < -0.3 is 10.2 Å². The van der Waals surface area contributed by atoms with Crippen LogP contribution in [0.5, 0.6) is 0 Å². The molecule has 1 atom stereocenters. The molecule has 1 aliphatic rings. The summed E-state index contributed by atoms with van der Waals surface area (Å²) >= 11 is 0. The number of hydrogen-bond acceptors (Lipinski definition) is 3. The van der Waals surface area contributed by atoms with E-state index in [-0.39, 0.29) is 12.1 Å². The summed E-state index contributed by atoms with van der Waals surface area (Å²) in [5.41, 5.74) is 1.18. The first-order valence-electron chi connectivity index (χ1n) is 8.76. The highest BCUT2D eigenvalue weighted by molar-refractivity contribution is 5.74. The normalized spacial score (nSPS) is 18.2. The zero-order chi connectivity index (χ0) is 16.6. The second-order valence-corrected chi connectivity index (χ2v) is 6.19. The van der Waals surface area contributed by atoms with E-state index in [1.165, 1.54) is 12.0 Å². The maximum absolute atomic E-state index is 12.7. The standard InChI is InChI=1S/C18H25N5O/c24-18(20-9-4-13-22-14-5-10-21-22)23-15-3-1-2-6-17(23)16-7-11-19-12-8-16/h5,7-8,10-12,14,17H,1-4,6,9,13,15H2,(H,20,24). The zero-order valence-electron chi connectivity index (χ0n) is 14.0. The van der Waals surface area contributed by atoms with Crippen LogP contribution in [0.15, 0.2) is 43.0 Å². The maximum atomic E-state index is 12.7. The second kappa shape index (κ2) is 8.47. The predicted molar refractivity (Wildman–Crippen MR) is 92.4 cm³/mol. The highest BCUT2D eigenvalue weighted by atomic mass is 16.2. The van der Waals surface area contributed by atoms with Crippen molar-refractivity contribution in [1.82, 2.24) is 25.0 Å². The Bertz CT molecular complexity index is 614. The average molecular weight is 327 g/mol. The van der Waals surface area contributed by atoms with Crippen LogP contribution in [0.3, 0.4) is 0 Å². The Morgan fingerprint density at radius 2 is 2.08 bits per heavy atom. The average Bonchev–Trinajstić information content (AvgIpc) is 3.01. The van der Waals surface area contributed by atoms with Crippen LogP contribution >= 0.6 is 0 Å². The van der Waals surface area contributed by atoms with Crippen LogP contribution in [0.2, 0.25) is 0 Å². The Labute approximate surface area is 142 Å². The Morgan fingerprint density at radius 3 is 2.88 bits per heavy atom. The summed E-state index contributed by atoms with van der Waals surface area (Å²) in [4.78, 5) is 18.8. The van der Waals surface area contributed by atoms with Crippen LogP contribution in [0.1, 0.15) is 43.7 Å². The molecule has 24 heavy (non-hydrogen) atoms. The first-order chi connectivity index (χ1) is 11.8. The summed E-state index contributed by atoms with van der Waals surface area (Å²) in [7, 11) is 0. The number of carbonyl (C=O) groups is 1. The molecule has 1 aliphatic heterocycles. The van der Waals surface area contributed by atoms with Crippen LogP contribution in [-0.2, 0) is 6.54 Å². The van der Waals surface area contributed by atoms with E-state index in [1.807, 2.05) is 34.0 Å². The fourth-order valence-electron chi connectivity index (χ4n) is 3.25. The monoisotopic (exact) mass is 327 g/mol. The summed E-state index contributed by atoms with van der Waals surface area (Å²) in [6.45, 7) is 2.30. The van der Waals surface area contributed by atoms with E-state index < -0.39 is 0 Å². The van der Waals surface area contributed by atoms with Crippen LogP contribution in [0.25, 0.3) is 0 Å². The molecule has 2 aromatic heterocycles. The number of likely N-dealkylation sites (tertiary alicyclic amines) is 1. The molecule has 0 bridgehead atoms. The number of carbonyl (C=O) groups excluding carboxylic acids is 1. The molecule has 0 aliphatic carbocycles. The van der Waals surface area contributed by atoms with Gasteiger partial charge in [-0.2, -0.15) is 5.10 Å². The predicted octanol–water partition coefficient (Wildman–Crippen LogP) is 3.00. The highest BCUT2D eigenvalue weighted by Crippen LogP contribution is 2.29. The summed E-state index contributed by atoms with van der Waals surface area (Å²) in [6.07, 6.45) is 12.6. The van der Waals surface area contributed by atoms with Gasteiger partial charge in [0, 0.05) is 44.4 Å². The third kappa shape index (κ3) is 4.34. The number of pyridine rings is 1. The lowest BCUT2D eigenvalue weighted by atomic mass is 10.0. The van der Waals surface area contributed by atoms with Crippen molar-refractivity contribution in [2.45, 2.75) is 44.7 Å². The molecule has 2 amide bonds. The molecule has 0 spiro atoms. The van der Waals surface area contributed by atoms with E-state index in [0.29, 0.717) is 6.54 Å². The molecule has 0 radical (unpaired) electrons. The Kier molecular flexibility index (Phi) is 5.82. The molecule has 1 saturated heterocycles. The van der Waals surface area contributed by atoms with Crippen molar-refractivity contribution in [2.75, 3.05) is 13.1 Å². The molecule has 1 N–H and O–H groups in total. The van der Waals surface area contributed by atoms with Gasteiger partial charge in [-0.1, -0.05) is 12.8 Å². The van der Waals surface area contributed by atoms with Gasteiger partial charge in [-0.25, -0.2) is 4.79 Å². The Morgan fingerprint density at radius 1 is 1.21 bits per heavy atom. The highest BCUT2D eigenvalue weighted by Gasteiger charge is 2.26. The minimum atomic E-state index is 0.0409. The molecular weight excluding hydrogens is 302 g/mol. The van der Waals surface area contributed by atoms with E-state index in [0.717, 1.165) is 38.8 Å². The van der Waals surface area contributed by atoms with E-state index in [2.05, 4.69) is 15.4 Å². The van der Waals surface area contributed by atoms with Crippen molar-refractivity contribution in [3.63, 3.8) is 0 Å².